The number of hydrogen-bond donors (Lipinski definition) is 1. The Morgan fingerprint density at radius 2 is 1.85 bits per heavy atom. The number of aromatic amines is 1. The van der Waals surface area contributed by atoms with Gasteiger partial charge in [0.2, 0.25) is 0 Å². The number of ketones is 1. The van der Waals surface area contributed by atoms with Gasteiger partial charge in [0.15, 0.2) is 0 Å². The smallest absolute Gasteiger partial charge is 0.295 e. The SMILES string of the molecule is CCN(CC)C(=O)C(=O)c1c[nH]c2ccc(N(c3sc4ccc(Cl)cc4c3C)S(=O)[O-])cc12. The molecule has 2 aromatic carbocycles. The van der Waals surface area contributed by atoms with Gasteiger partial charge in [0.05, 0.1) is 22.5 Å². The first-order valence-electron chi connectivity index (χ1n) is 10.3. The predicted molar refractivity (Wildman–Crippen MR) is 133 cm³/mol. The summed E-state index contributed by atoms with van der Waals surface area (Å²) in [4.78, 5) is 30.0. The third kappa shape index (κ3) is 4.17. The molecule has 10 heteroatoms. The standard InChI is InChI=1S/C23H22ClN3O4S2/c1-4-26(5-2)22(29)21(28)18-12-25-19-8-7-15(11-17(18)19)27(33(30)31)23-13(3)16-10-14(24)6-9-20(16)32-23/h6-12,25H,4-5H2,1-3H3,(H,30,31)/p-1. The highest BCUT2D eigenvalue weighted by Gasteiger charge is 2.25. The molecule has 0 spiro atoms. The Morgan fingerprint density at radius 3 is 2.52 bits per heavy atom. The maximum absolute atomic E-state index is 12.9. The van der Waals surface area contributed by atoms with E-state index in [0.29, 0.717) is 39.7 Å². The molecule has 2 heterocycles. The Bertz CT molecular complexity index is 1410. The second-order valence-electron chi connectivity index (χ2n) is 7.42. The number of hydrogen-bond acceptors (Lipinski definition) is 5. The zero-order valence-corrected chi connectivity index (χ0v) is 20.6. The van der Waals surface area contributed by atoms with Gasteiger partial charge in [-0.05, 0) is 68.1 Å². The van der Waals surface area contributed by atoms with Gasteiger partial charge in [-0.2, -0.15) is 0 Å². The van der Waals surface area contributed by atoms with Crippen LogP contribution in [0.3, 0.4) is 0 Å². The van der Waals surface area contributed by atoms with Crippen LogP contribution in [0.4, 0.5) is 10.7 Å². The van der Waals surface area contributed by atoms with E-state index in [9.17, 15) is 18.4 Å². The Hall–Kier alpha value is -2.72. The topological polar surface area (TPSA) is 96.5 Å². The first-order valence-corrected chi connectivity index (χ1v) is 12.5. The lowest BCUT2D eigenvalue weighted by atomic mass is 10.1. The van der Waals surface area contributed by atoms with Crippen molar-refractivity contribution < 1.29 is 18.4 Å². The molecule has 0 saturated carbocycles. The van der Waals surface area contributed by atoms with Crippen molar-refractivity contribution >= 4 is 77.6 Å². The Kier molecular flexibility index (Phi) is 6.58. The minimum Gasteiger partial charge on any atom is -0.755 e. The van der Waals surface area contributed by atoms with Gasteiger partial charge in [-0.3, -0.25) is 18.1 Å². The van der Waals surface area contributed by atoms with Gasteiger partial charge in [0.25, 0.3) is 11.7 Å². The number of aromatic nitrogens is 1. The van der Waals surface area contributed by atoms with Gasteiger partial charge in [-0.15, -0.1) is 11.3 Å². The lowest BCUT2D eigenvalue weighted by Crippen LogP contribution is -2.36. The molecule has 0 bridgehead atoms. The number of likely N-dealkylation sites (N-methyl/N-ethyl adjacent to an activating group) is 1. The van der Waals surface area contributed by atoms with Crippen LogP contribution in [0.15, 0.2) is 42.6 Å². The second-order valence-corrected chi connectivity index (χ2v) is 9.69. The van der Waals surface area contributed by atoms with Crippen LogP contribution in [0.2, 0.25) is 5.02 Å². The first-order chi connectivity index (χ1) is 15.8. The van der Waals surface area contributed by atoms with Crippen molar-refractivity contribution in [3.63, 3.8) is 0 Å². The van der Waals surface area contributed by atoms with Crippen molar-refractivity contribution in [2.75, 3.05) is 17.4 Å². The molecule has 0 saturated heterocycles. The number of aryl methyl sites for hydroxylation is 1. The van der Waals surface area contributed by atoms with Crippen molar-refractivity contribution in [1.29, 1.82) is 0 Å². The van der Waals surface area contributed by atoms with Gasteiger partial charge in [-0.1, -0.05) is 11.6 Å². The summed E-state index contributed by atoms with van der Waals surface area (Å²) < 4.78 is 26.8. The third-order valence-electron chi connectivity index (χ3n) is 5.60. The first kappa shape index (κ1) is 23.4. The molecular formula is C23H21ClN3O4S2-. The number of H-pyrrole nitrogens is 1. The maximum Gasteiger partial charge on any atom is 0.295 e. The summed E-state index contributed by atoms with van der Waals surface area (Å²) in [6.07, 6.45) is 1.49. The highest BCUT2D eigenvalue weighted by Crippen LogP contribution is 2.42. The number of nitrogens with one attached hydrogen (secondary N) is 1. The molecule has 0 aliphatic heterocycles. The molecule has 0 aliphatic rings. The van der Waals surface area contributed by atoms with Crippen LogP contribution in [0.5, 0.6) is 0 Å². The summed E-state index contributed by atoms with van der Waals surface area (Å²) in [5.74, 6) is -1.22. The van der Waals surface area contributed by atoms with Crippen LogP contribution in [0.25, 0.3) is 21.0 Å². The number of nitrogens with zero attached hydrogens (tertiary/aromatic N) is 2. The number of benzene rings is 2. The number of thiophene rings is 1. The third-order valence-corrected chi connectivity index (χ3v) is 7.90. The molecule has 4 aromatic rings. The van der Waals surface area contributed by atoms with E-state index in [1.807, 2.05) is 32.9 Å². The zero-order chi connectivity index (χ0) is 23.9. The molecular weight excluding hydrogens is 482 g/mol. The Morgan fingerprint density at radius 1 is 1.12 bits per heavy atom. The normalized spacial score (nSPS) is 12.3. The van der Waals surface area contributed by atoms with E-state index in [0.717, 1.165) is 15.6 Å². The lowest BCUT2D eigenvalue weighted by Gasteiger charge is -2.26. The maximum atomic E-state index is 12.9. The Labute approximate surface area is 202 Å². The number of carbonyl (C=O) groups is 2. The summed E-state index contributed by atoms with van der Waals surface area (Å²) >= 11 is 4.84. The molecule has 1 amide bonds. The summed E-state index contributed by atoms with van der Waals surface area (Å²) in [5, 5.41) is 2.46. The van der Waals surface area contributed by atoms with E-state index in [4.69, 9.17) is 11.6 Å². The van der Waals surface area contributed by atoms with Crippen LogP contribution in [-0.2, 0) is 16.1 Å². The molecule has 0 radical (unpaired) electrons. The minimum absolute atomic E-state index is 0.209. The molecule has 7 nitrogen and oxygen atoms in total. The van der Waals surface area contributed by atoms with E-state index >= 15 is 0 Å². The van der Waals surface area contributed by atoms with Gasteiger partial charge < -0.3 is 14.4 Å². The van der Waals surface area contributed by atoms with E-state index in [1.165, 1.54) is 26.7 Å². The highest BCUT2D eigenvalue weighted by atomic mass is 35.5. The number of amides is 1. The Balaban J connectivity index is 1.82. The molecule has 4 rings (SSSR count). The van der Waals surface area contributed by atoms with Crippen LogP contribution < -0.4 is 4.31 Å². The van der Waals surface area contributed by atoms with Crippen molar-refractivity contribution in [3.8, 4) is 0 Å². The summed E-state index contributed by atoms with van der Waals surface area (Å²) in [6.45, 7) is 6.31. The predicted octanol–water partition coefficient (Wildman–Crippen LogP) is 5.33. The average Bonchev–Trinajstić information content (AvgIpc) is 3.35. The van der Waals surface area contributed by atoms with Crippen LogP contribution in [0, 0.1) is 6.92 Å². The molecule has 2 aromatic heterocycles. The molecule has 1 atom stereocenters. The monoisotopic (exact) mass is 502 g/mol. The van der Waals surface area contributed by atoms with Crippen molar-refractivity contribution in [3.05, 3.63) is 58.7 Å². The fourth-order valence-electron chi connectivity index (χ4n) is 3.84. The van der Waals surface area contributed by atoms with E-state index < -0.39 is 23.0 Å². The van der Waals surface area contributed by atoms with Crippen LogP contribution in [-0.4, -0.2) is 43.4 Å². The number of rotatable bonds is 7. The lowest BCUT2D eigenvalue weighted by molar-refractivity contribution is -0.126. The minimum atomic E-state index is -2.62. The molecule has 0 fully saturated rings. The fourth-order valence-corrected chi connectivity index (χ4v) is 5.98. The number of fused-ring (bicyclic) bond motifs is 2. The van der Waals surface area contributed by atoms with Crippen molar-refractivity contribution in [1.82, 2.24) is 9.88 Å². The largest absolute Gasteiger partial charge is 0.755 e. The number of anilines is 2. The van der Waals surface area contributed by atoms with E-state index in [1.54, 1.807) is 24.3 Å². The molecule has 0 aliphatic carbocycles. The number of carbonyl (C=O) groups excluding carboxylic acids is 2. The molecule has 33 heavy (non-hydrogen) atoms. The molecule has 172 valence electrons. The van der Waals surface area contributed by atoms with E-state index in [2.05, 4.69) is 4.98 Å². The fraction of sp³-hybridized carbons (Fsp3) is 0.217. The zero-order valence-electron chi connectivity index (χ0n) is 18.2. The molecule has 1 N–H and O–H groups in total. The van der Waals surface area contributed by atoms with E-state index in [-0.39, 0.29) is 5.56 Å². The van der Waals surface area contributed by atoms with Crippen LogP contribution in [0.1, 0.15) is 29.8 Å². The van der Waals surface area contributed by atoms with Gasteiger partial charge in [0.1, 0.15) is 5.00 Å². The number of halogens is 1. The van der Waals surface area contributed by atoms with Gasteiger partial charge >= 0.3 is 0 Å². The van der Waals surface area contributed by atoms with Gasteiger partial charge in [0, 0.05) is 39.9 Å². The summed E-state index contributed by atoms with van der Waals surface area (Å²) in [5.41, 5.74) is 1.98. The second kappa shape index (κ2) is 9.26. The quantitative estimate of drug-likeness (QED) is 0.210. The summed E-state index contributed by atoms with van der Waals surface area (Å²) in [6, 6.07) is 10.4. The van der Waals surface area contributed by atoms with Crippen molar-refractivity contribution in [2.45, 2.75) is 20.8 Å². The number of Topliss-reactive ketones (excluding diaryl/α,β-unsaturated/α-hetero) is 1. The van der Waals surface area contributed by atoms with Crippen molar-refractivity contribution in [2.24, 2.45) is 0 Å². The van der Waals surface area contributed by atoms with Crippen LogP contribution >= 0.6 is 22.9 Å². The highest BCUT2D eigenvalue weighted by molar-refractivity contribution is 7.81. The van der Waals surface area contributed by atoms with Gasteiger partial charge in [-0.25, -0.2) is 0 Å². The average molecular weight is 503 g/mol. The summed E-state index contributed by atoms with van der Waals surface area (Å²) in [7, 11) is 0. The molecule has 1 unspecified atom stereocenters.